The smallest absolute Gasteiger partial charge is 0.314 e. The summed E-state index contributed by atoms with van der Waals surface area (Å²) in [5, 5.41) is 9.32. The van der Waals surface area contributed by atoms with Gasteiger partial charge in [-0.3, -0.25) is 4.79 Å². The molecule has 1 aromatic rings. The molecule has 1 N–H and O–H groups in total. The summed E-state index contributed by atoms with van der Waals surface area (Å²) in [6.45, 7) is 1.45. The number of alkyl halides is 1. The number of carbonyl (C=O) groups is 1. The van der Waals surface area contributed by atoms with E-state index in [1.54, 1.807) is 24.3 Å². The minimum atomic E-state index is -1.12. The van der Waals surface area contributed by atoms with Crippen LogP contribution in [0.4, 0.5) is 4.39 Å². The Morgan fingerprint density at radius 2 is 2.06 bits per heavy atom. The van der Waals surface area contributed by atoms with E-state index in [0.29, 0.717) is 24.0 Å². The lowest BCUT2D eigenvalue weighted by Crippen LogP contribution is -2.43. The second kappa shape index (κ2) is 3.89. The Kier molecular flexibility index (Phi) is 2.70. The molecule has 0 spiro atoms. The number of rotatable bonds is 3. The van der Waals surface area contributed by atoms with E-state index in [1.807, 2.05) is 0 Å². The van der Waals surface area contributed by atoms with Crippen molar-refractivity contribution in [2.24, 2.45) is 0 Å². The standard InChI is InChI=1S/C13H15FO2/c1-9(14)10-5-2-3-6-11(10)13(12(15)16)7-4-8-13/h2-3,5-6,9H,4,7-8H2,1H3,(H,15,16). The van der Waals surface area contributed by atoms with E-state index in [-0.39, 0.29) is 0 Å². The molecule has 2 rings (SSSR count). The molecule has 16 heavy (non-hydrogen) atoms. The molecule has 1 fully saturated rings. The van der Waals surface area contributed by atoms with E-state index in [2.05, 4.69) is 0 Å². The molecule has 0 aliphatic heterocycles. The Bertz CT molecular complexity index is 408. The molecule has 0 bridgehead atoms. The molecule has 86 valence electrons. The van der Waals surface area contributed by atoms with Crippen molar-refractivity contribution < 1.29 is 14.3 Å². The van der Waals surface area contributed by atoms with E-state index in [0.717, 1.165) is 6.42 Å². The van der Waals surface area contributed by atoms with Crippen molar-refractivity contribution in [2.75, 3.05) is 0 Å². The Balaban J connectivity index is 2.50. The van der Waals surface area contributed by atoms with Crippen LogP contribution < -0.4 is 0 Å². The van der Waals surface area contributed by atoms with Crippen molar-refractivity contribution in [2.45, 2.75) is 37.8 Å². The second-order valence-electron chi connectivity index (χ2n) is 4.44. The van der Waals surface area contributed by atoms with Crippen LogP contribution in [0, 0.1) is 0 Å². The first-order valence-electron chi connectivity index (χ1n) is 5.55. The molecule has 2 nitrogen and oxygen atoms in total. The van der Waals surface area contributed by atoms with E-state index in [9.17, 15) is 14.3 Å². The van der Waals surface area contributed by atoms with Crippen LogP contribution in [-0.4, -0.2) is 11.1 Å². The van der Waals surface area contributed by atoms with Gasteiger partial charge in [0.15, 0.2) is 0 Å². The molecule has 1 aliphatic carbocycles. The SMILES string of the molecule is CC(F)c1ccccc1C1(C(=O)O)CCC1. The van der Waals surface area contributed by atoms with E-state index < -0.39 is 17.6 Å². The van der Waals surface area contributed by atoms with E-state index in [1.165, 1.54) is 6.92 Å². The molecule has 0 heterocycles. The zero-order chi connectivity index (χ0) is 11.8. The van der Waals surface area contributed by atoms with Gasteiger partial charge in [0.05, 0.1) is 5.41 Å². The maximum Gasteiger partial charge on any atom is 0.314 e. The normalized spacial score (nSPS) is 19.9. The molecular formula is C13H15FO2. The number of aliphatic carboxylic acids is 1. The highest BCUT2D eigenvalue weighted by Gasteiger charge is 2.47. The zero-order valence-corrected chi connectivity index (χ0v) is 9.24. The van der Waals surface area contributed by atoms with Gasteiger partial charge in [-0.25, -0.2) is 4.39 Å². The molecule has 0 radical (unpaired) electrons. The van der Waals surface area contributed by atoms with Gasteiger partial charge in [0, 0.05) is 0 Å². The van der Waals surface area contributed by atoms with E-state index >= 15 is 0 Å². The van der Waals surface area contributed by atoms with Gasteiger partial charge in [0.2, 0.25) is 0 Å². The largest absolute Gasteiger partial charge is 0.481 e. The lowest BCUT2D eigenvalue weighted by molar-refractivity contribution is -0.147. The Labute approximate surface area is 94.1 Å². The van der Waals surface area contributed by atoms with Crippen molar-refractivity contribution in [3.8, 4) is 0 Å². The predicted molar refractivity (Wildman–Crippen MR) is 59.1 cm³/mol. The summed E-state index contributed by atoms with van der Waals surface area (Å²) < 4.78 is 13.5. The summed E-state index contributed by atoms with van der Waals surface area (Å²) >= 11 is 0. The summed E-state index contributed by atoms with van der Waals surface area (Å²) in [5.74, 6) is -0.827. The quantitative estimate of drug-likeness (QED) is 0.852. The van der Waals surface area contributed by atoms with Gasteiger partial charge in [0.1, 0.15) is 6.17 Å². The first-order chi connectivity index (χ1) is 7.58. The first kappa shape index (κ1) is 11.1. The molecule has 1 atom stereocenters. The first-order valence-corrected chi connectivity index (χ1v) is 5.55. The number of hydrogen-bond acceptors (Lipinski definition) is 1. The van der Waals surface area contributed by atoms with E-state index in [4.69, 9.17) is 0 Å². The highest BCUT2D eigenvalue weighted by molar-refractivity contribution is 5.83. The summed E-state index contributed by atoms with van der Waals surface area (Å²) in [4.78, 5) is 11.4. The van der Waals surface area contributed by atoms with Gasteiger partial charge in [-0.1, -0.05) is 30.7 Å². The number of benzene rings is 1. The zero-order valence-electron chi connectivity index (χ0n) is 9.24. The van der Waals surface area contributed by atoms with Gasteiger partial charge in [0.25, 0.3) is 0 Å². The monoisotopic (exact) mass is 222 g/mol. The van der Waals surface area contributed by atoms with Gasteiger partial charge in [-0.2, -0.15) is 0 Å². The van der Waals surface area contributed by atoms with Crippen molar-refractivity contribution in [3.05, 3.63) is 35.4 Å². The van der Waals surface area contributed by atoms with Crippen molar-refractivity contribution in [1.82, 2.24) is 0 Å². The van der Waals surface area contributed by atoms with Crippen molar-refractivity contribution in [3.63, 3.8) is 0 Å². The molecule has 1 aliphatic rings. The number of carboxylic acids is 1. The maximum absolute atomic E-state index is 13.5. The summed E-state index contributed by atoms with van der Waals surface area (Å²) in [5.41, 5.74) is 0.338. The van der Waals surface area contributed by atoms with Crippen molar-refractivity contribution >= 4 is 5.97 Å². The molecule has 0 aromatic heterocycles. The fraction of sp³-hybridized carbons (Fsp3) is 0.462. The lowest BCUT2D eigenvalue weighted by Gasteiger charge is -2.39. The van der Waals surface area contributed by atoms with Crippen LogP contribution in [-0.2, 0) is 10.2 Å². The lowest BCUT2D eigenvalue weighted by atomic mass is 9.63. The molecule has 1 unspecified atom stereocenters. The Hall–Kier alpha value is -1.38. The molecule has 0 saturated heterocycles. The summed E-state index contributed by atoms with van der Waals surface area (Å²) in [7, 11) is 0. The Morgan fingerprint density at radius 3 is 2.50 bits per heavy atom. The van der Waals surface area contributed by atoms with Gasteiger partial charge in [-0.05, 0) is 30.9 Å². The third kappa shape index (κ3) is 1.51. The van der Waals surface area contributed by atoms with Gasteiger partial charge >= 0.3 is 5.97 Å². The third-order valence-corrected chi connectivity index (χ3v) is 3.52. The molecular weight excluding hydrogens is 207 g/mol. The predicted octanol–water partition coefficient (Wildman–Crippen LogP) is 3.22. The van der Waals surface area contributed by atoms with Crippen LogP contribution >= 0.6 is 0 Å². The summed E-state index contributed by atoms with van der Waals surface area (Å²) in [6, 6.07) is 6.97. The third-order valence-electron chi connectivity index (χ3n) is 3.52. The van der Waals surface area contributed by atoms with Crippen LogP contribution in [0.2, 0.25) is 0 Å². The van der Waals surface area contributed by atoms with Crippen LogP contribution in [0.15, 0.2) is 24.3 Å². The molecule has 1 aromatic carbocycles. The number of hydrogen-bond donors (Lipinski definition) is 1. The minimum absolute atomic E-state index is 0.518. The average molecular weight is 222 g/mol. The topological polar surface area (TPSA) is 37.3 Å². The Morgan fingerprint density at radius 1 is 1.44 bits per heavy atom. The highest BCUT2D eigenvalue weighted by Crippen LogP contribution is 2.46. The average Bonchev–Trinajstić information content (AvgIpc) is 2.15. The van der Waals surface area contributed by atoms with Crippen molar-refractivity contribution in [1.29, 1.82) is 0 Å². The highest BCUT2D eigenvalue weighted by atomic mass is 19.1. The number of carboxylic acid groups (broad SMARTS) is 1. The second-order valence-corrected chi connectivity index (χ2v) is 4.44. The number of halogens is 1. The molecule has 3 heteroatoms. The van der Waals surface area contributed by atoms with Crippen LogP contribution in [0.3, 0.4) is 0 Å². The minimum Gasteiger partial charge on any atom is -0.481 e. The maximum atomic E-state index is 13.5. The molecule has 0 amide bonds. The molecule has 1 saturated carbocycles. The van der Waals surface area contributed by atoms with Crippen LogP contribution in [0.25, 0.3) is 0 Å². The van der Waals surface area contributed by atoms with Crippen LogP contribution in [0.1, 0.15) is 43.5 Å². The fourth-order valence-electron chi connectivity index (χ4n) is 2.41. The van der Waals surface area contributed by atoms with Gasteiger partial charge < -0.3 is 5.11 Å². The fourth-order valence-corrected chi connectivity index (χ4v) is 2.41. The van der Waals surface area contributed by atoms with Gasteiger partial charge in [-0.15, -0.1) is 0 Å². The summed E-state index contributed by atoms with van der Waals surface area (Å²) in [6.07, 6.45) is 1.02. The van der Waals surface area contributed by atoms with Crippen LogP contribution in [0.5, 0.6) is 0 Å².